The number of para-hydroxylation sites is 1. The fourth-order valence-corrected chi connectivity index (χ4v) is 5.46. The molecule has 0 spiro atoms. The lowest BCUT2D eigenvalue weighted by atomic mass is 9.93. The van der Waals surface area contributed by atoms with Crippen LogP contribution < -0.4 is 24.4 Å². The Bertz CT molecular complexity index is 796. The van der Waals surface area contributed by atoms with E-state index in [9.17, 15) is 0 Å². The molecule has 6 heteroatoms. The van der Waals surface area contributed by atoms with Crippen molar-refractivity contribution in [2.24, 2.45) is 0 Å². The number of hydrogen-bond donors (Lipinski definition) is 0. The zero-order valence-corrected chi connectivity index (χ0v) is 19.7. The predicted octanol–water partition coefficient (Wildman–Crippen LogP) is 4.77. The lowest BCUT2D eigenvalue weighted by Gasteiger charge is -2.34. The van der Waals surface area contributed by atoms with E-state index in [4.69, 9.17) is 18.9 Å². The van der Waals surface area contributed by atoms with Crippen LogP contribution in [0.15, 0.2) is 36.4 Å². The van der Waals surface area contributed by atoms with E-state index < -0.39 is 0 Å². The third kappa shape index (κ3) is 5.55. The molecule has 0 aromatic heterocycles. The molecule has 0 N–H and O–H groups in total. The molecule has 160 valence electrons. The summed E-state index contributed by atoms with van der Waals surface area (Å²) >= 11 is 0. The average Bonchev–Trinajstić information content (AvgIpc) is 2.71. The monoisotopic (exact) mass is 419 g/mol. The van der Waals surface area contributed by atoms with E-state index in [1.165, 1.54) is 11.0 Å². The summed E-state index contributed by atoms with van der Waals surface area (Å²) in [6.45, 7) is 4.68. The quantitative estimate of drug-likeness (QED) is 0.388. The van der Waals surface area contributed by atoms with E-state index >= 15 is 0 Å². The van der Waals surface area contributed by atoms with E-state index in [2.05, 4.69) is 63.2 Å². The molecule has 0 fully saturated rings. The summed E-state index contributed by atoms with van der Waals surface area (Å²) in [4.78, 5) is 2.17. The maximum Gasteiger partial charge on any atom is 0.188 e. The molecule has 2 aromatic carbocycles. The fourth-order valence-electron chi connectivity index (χ4n) is 3.55. The third-order valence-electron chi connectivity index (χ3n) is 4.95. The molecule has 2 aromatic rings. The highest BCUT2D eigenvalue weighted by Gasteiger charge is 2.33. The summed E-state index contributed by atoms with van der Waals surface area (Å²) < 4.78 is 22.4. The van der Waals surface area contributed by atoms with Crippen molar-refractivity contribution in [3.8, 4) is 17.2 Å². The molecule has 2 rings (SSSR count). The third-order valence-corrected chi connectivity index (χ3v) is 6.71. The second-order valence-corrected chi connectivity index (χ2v) is 9.27. The highest BCUT2D eigenvalue weighted by molar-refractivity contribution is 7.49. The molecular weight excluding hydrogens is 385 g/mol. The van der Waals surface area contributed by atoms with E-state index in [-0.39, 0.29) is 11.9 Å². The van der Waals surface area contributed by atoms with Crippen molar-refractivity contribution in [2.75, 3.05) is 47.1 Å². The smallest absolute Gasteiger partial charge is 0.188 e. The normalized spacial score (nSPS) is 13.3. The van der Waals surface area contributed by atoms with Crippen LogP contribution in [0.2, 0.25) is 0 Å². The van der Waals surface area contributed by atoms with Crippen LogP contribution in [0.3, 0.4) is 0 Å². The Morgan fingerprint density at radius 3 is 2.34 bits per heavy atom. The molecule has 0 heterocycles. The Morgan fingerprint density at radius 1 is 1.03 bits per heavy atom. The molecule has 0 bridgehead atoms. The largest absolute Gasteiger partial charge is 0.497 e. The van der Waals surface area contributed by atoms with Crippen molar-refractivity contribution in [2.45, 2.75) is 31.8 Å². The maximum absolute atomic E-state index is 6.01. The molecule has 0 radical (unpaired) electrons. The van der Waals surface area contributed by atoms with E-state index in [0.29, 0.717) is 14.3 Å². The van der Waals surface area contributed by atoms with E-state index in [0.717, 1.165) is 29.9 Å². The van der Waals surface area contributed by atoms with Crippen LogP contribution in [-0.2, 0) is 9.89 Å². The van der Waals surface area contributed by atoms with Gasteiger partial charge in [0.25, 0.3) is 0 Å². The van der Waals surface area contributed by atoms with Gasteiger partial charge in [-0.2, -0.15) is 0 Å². The minimum Gasteiger partial charge on any atom is -0.497 e. The van der Waals surface area contributed by atoms with Crippen LogP contribution in [0.5, 0.6) is 17.2 Å². The number of nitrogens with zero attached hydrogens (tertiary/aromatic N) is 1. The minimum absolute atomic E-state index is 0.147. The van der Waals surface area contributed by atoms with Gasteiger partial charge in [-0.1, -0.05) is 47.0 Å². The molecule has 0 aliphatic heterocycles. The minimum atomic E-state index is -0.147. The maximum atomic E-state index is 6.01. The van der Waals surface area contributed by atoms with Gasteiger partial charge in [-0.3, -0.25) is 0 Å². The number of hydrogen-bond acceptors (Lipinski definition) is 5. The molecule has 29 heavy (non-hydrogen) atoms. The summed E-state index contributed by atoms with van der Waals surface area (Å²) in [7, 11) is 9.67. The van der Waals surface area contributed by atoms with Gasteiger partial charge in [0.2, 0.25) is 0 Å². The Balaban J connectivity index is 2.64. The van der Waals surface area contributed by atoms with Gasteiger partial charge in [-0.25, -0.2) is 0 Å². The summed E-state index contributed by atoms with van der Waals surface area (Å²) in [6.07, 6.45) is 2.06. The van der Waals surface area contributed by atoms with Gasteiger partial charge >= 0.3 is 0 Å². The number of anilines is 1. The first kappa shape index (κ1) is 23.3. The molecule has 2 atom stereocenters. The van der Waals surface area contributed by atoms with Crippen molar-refractivity contribution >= 4 is 19.6 Å². The van der Waals surface area contributed by atoms with Crippen molar-refractivity contribution in [3.05, 3.63) is 42.0 Å². The van der Waals surface area contributed by atoms with Gasteiger partial charge < -0.3 is 23.8 Å². The SMILES string of the molecule is CCCC(C)(Pc1ccccc1N(C)C)c1cc(OC)cc(OC)c1OCOC. The van der Waals surface area contributed by atoms with Crippen LogP contribution in [0.4, 0.5) is 5.69 Å². The summed E-state index contributed by atoms with van der Waals surface area (Å²) in [5.41, 5.74) is 2.32. The Labute approximate surface area is 177 Å². The molecule has 2 unspecified atom stereocenters. The molecule has 0 saturated carbocycles. The zero-order valence-electron chi connectivity index (χ0n) is 18.7. The number of methoxy groups -OCH3 is 3. The fraction of sp³-hybridized carbons (Fsp3) is 0.478. The highest BCUT2D eigenvalue weighted by Crippen LogP contribution is 2.52. The van der Waals surface area contributed by atoms with Crippen LogP contribution in [0, 0.1) is 0 Å². The topological polar surface area (TPSA) is 40.2 Å². The first-order chi connectivity index (χ1) is 13.9. The lowest BCUT2D eigenvalue weighted by molar-refractivity contribution is 0.0479. The Kier molecular flexibility index (Phi) is 8.60. The molecule has 0 saturated heterocycles. The van der Waals surface area contributed by atoms with Gasteiger partial charge in [-0.05, 0) is 23.9 Å². The summed E-state index contributed by atoms with van der Waals surface area (Å²) in [5, 5.41) is 1.18. The van der Waals surface area contributed by atoms with Gasteiger partial charge in [0.05, 0.1) is 14.2 Å². The van der Waals surface area contributed by atoms with E-state index in [1.807, 2.05) is 6.07 Å². The zero-order chi connectivity index (χ0) is 21.4. The van der Waals surface area contributed by atoms with Crippen LogP contribution in [0.1, 0.15) is 32.3 Å². The Hall–Kier alpha value is -1.97. The van der Waals surface area contributed by atoms with Gasteiger partial charge in [0, 0.05) is 43.7 Å². The van der Waals surface area contributed by atoms with Crippen LogP contribution in [-0.4, -0.2) is 42.2 Å². The van der Waals surface area contributed by atoms with Crippen LogP contribution >= 0.6 is 8.58 Å². The second-order valence-electron chi connectivity index (χ2n) is 7.38. The average molecular weight is 420 g/mol. The summed E-state index contributed by atoms with van der Waals surface area (Å²) in [5.74, 6) is 2.14. The lowest BCUT2D eigenvalue weighted by Crippen LogP contribution is -2.24. The van der Waals surface area contributed by atoms with Gasteiger partial charge in [0.1, 0.15) is 5.75 Å². The Morgan fingerprint density at radius 2 is 1.76 bits per heavy atom. The van der Waals surface area contributed by atoms with Crippen molar-refractivity contribution < 1.29 is 18.9 Å². The molecule has 5 nitrogen and oxygen atoms in total. The molecule has 0 aliphatic rings. The van der Waals surface area contributed by atoms with Crippen molar-refractivity contribution in [3.63, 3.8) is 0 Å². The van der Waals surface area contributed by atoms with Gasteiger partial charge in [0.15, 0.2) is 18.3 Å². The molecular formula is C23H34NO4P. The number of benzene rings is 2. The second kappa shape index (κ2) is 10.7. The molecule has 0 aliphatic carbocycles. The standard InChI is InChI=1S/C23H34NO4P/c1-8-13-23(2,29-21-12-10-9-11-19(21)24(3)4)18-14-17(26-6)15-20(27-7)22(18)28-16-25-5/h9-12,14-15,29H,8,13,16H2,1-7H3. The van der Waals surface area contributed by atoms with Crippen molar-refractivity contribution in [1.82, 2.24) is 0 Å². The number of rotatable bonds is 11. The number of ether oxygens (including phenoxy) is 4. The first-order valence-electron chi connectivity index (χ1n) is 9.83. The van der Waals surface area contributed by atoms with Crippen LogP contribution in [0.25, 0.3) is 0 Å². The predicted molar refractivity (Wildman–Crippen MR) is 123 cm³/mol. The summed E-state index contributed by atoms with van der Waals surface area (Å²) in [6, 6.07) is 12.5. The molecule has 0 amide bonds. The van der Waals surface area contributed by atoms with Crippen molar-refractivity contribution in [1.29, 1.82) is 0 Å². The van der Waals surface area contributed by atoms with E-state index in [1.54, 1.807) is 21.3 Å². The van der Waals surface area contributed by atoms with Gasteiger partial charge in [-0.15, -0.1) is 0 Å². The first-order valence-corrected chi connectivity index (χ1v) is 10.8. The highest BCUT2D eigenvalue weighted by atomic mass is 31.1.